The predicted molar refractivity (Wildman–Crippen MR) is 73.4 cm³/mol. The van der Waals surface area contributed by atoms with Crippen LogP contribution >= 0.6 is 0 Å². The van der Waals surface area contributed by atoms with Gasteiger partial charge in [-0.1, -0.05) is 6.42 Å². The molecule has 2 rings (SSSR count). The van der Waals surface area contributed by atoms with Crippen LogP contribution in [0.2, 0.25) is 0 Å². The zero-order chi connectivity index (χ0) is 14.5. The van der Waals surface area contributed by atoms with Gasteiger partial charge in [0.1, 0.15) is 0 Å². The van der Waals surface area contributed by atoms with Crippen molar-refractivity contribution in [2.75, 3.05) is 13.2 Å². The van der Waals surface area contributed by atoms with Crippen molar-refractivity contribution in [2.45, 2.75) is 51.2 Å². The summed E-state index contributed by atoms with van der Waals surface area (Å²) < 4.78 is 5.52. The summed E-state index contributed by atoms with van der Waals surface area (Å²) in [6.07, 6.45) is 4.64. The molecular formula is C14H24N2O4. The highest BCUT2D eigenvalue weighted by Crippen LogP contribution is 2.31. The Hall–Kier alpha value is -1.30. The zero-order valence-corrected chi connectivity index (χ0v) is 11.9. The van der Waals surface area contributed by atoms with Crippen LogP contribution in [0.5, 0.6) is 0 Å². The second-order valence-corrected chi connectivity index (χ2v) is 5.83. The lowest BCUT2D eigenvalue weighted by Gasteiger charge is -2.21. The number of carboxylic acids is 1. The van der Waals surface area contributed by atoms with Crippen LogP contribution in [0.1, 0.15) is 39.0 Å². The van der Waals surface area contributed by atoms with Crippen molar-refractivity contribution in [3.8, 4) is 0 Å². The number of amides is 2. The molecule has 0 aromatic heterocycles. The molecule has 4 unspecified atom stereocenters. The first-order chi connectivity index (χ1) is 9.58. The fourth-order valence-corrected chi connectivity index (χ4v) is 3.18. The number of nitrogens with one attached hydrogen (secondary N) is 2. The van der Waals surface area contributed by atoms with E-state index in [1.165, 1.54) is 0 Å². The number of carbonyl (C=O) groups is 2. The van der Waals surface area contributed by atoms with Crippen molar-refractivity contribution in [3.63, 3.8) is 0 Å². The third kappa shape index (κ3) is 3.85. The highest BCUT2D eigenvalue weighted by Gasteiger charge is 2.33. The van der Waals surface area contributed by atoms with E-state index >= 15 is 0 Å². The molecule has 3 N–H and O–H groups in total. The van der Waals surface area contributed by atoms with Crippen molar-refractivity contribution in [3.05, 3.63) is 0 Å². The largest absolute Gasteiger partial charge is 0.481 e. The monoisotopic (exact) mass is 284 g/mol. The topological polar surface area (TPSA) is 87.7 Å². The van der Waals surface area contributed by atoms with Gasteiger partial charge in [0.15, 0.2) is 0 Å². The molecule has 20 heavy (non-hydrogen) atoms. The van der Waals surface area contributed by atoms with Crippen molar-refractivity contribution >= 4 is 12.0 Å². The van der Waals surface area contributed by atoms with Crippen LogP contribution in [0.3, 0.4) is 0 Å². The van der Waals surface area contributed by atoms with Gasteiger partial charge in [0, 0.05) is 13.2 Å². The Kier molecular flexibility index (Phi) is 5.23. The van der Waals surface area contributed by atoms with Crippen LogP contribution in [-0.2, 0) is 9.53 Å². The quantitative estimate of drug-likeness (QED) is 0.711. The summed E-state index contributed by atoms with van der Waals surface area (Å²) in [6.45, 7) is 3.13. The van der Waals surface area contributed by atoms with Crippen LogP contribution in [0.4, 0.5) is 4.79 Å². The summed E-state index contributed by atoms with van der Waals surface area (Å²) in [5, 5.41) is 14.8. The lowest BCUT2D eigenvalue weighted by Crippen LogP contribution is -2.47. The molecule has 0 aromatic carbocycles. The second kappa shape index (κ2) is 6.92. The fraction of sp³-hybridized carbons (Fsp3) is 0.857. The van der Waals surface area contributed by atoms with E-state index in [1.54, 1.807) is 0 Å². The van der Waals surface area contributed by atoms with Gasteiger partial charge >= 0.3 is 12.0 Å². The minimum absolute atomic E-state index is 0.0173. The highest BCUT2D eigenvalue weighted by atomic mass is 16.5. The van der Waals surface area contributed by atoms with Crippen LogP contribution in [-0.4, -0.2) is 42.4 Å². The second-order valence-electron chi connectivity index (χ2n) is 5.83. The van der Waals surface area contributed by atoms with Gasteiger partial charge < -0.3 is 20.5 Å². The maximum Gasteiger partial charge on any atom is 0.315 e. The molecule has 1 aliphatic carbocycles. The smallest absolute Gasteiger partial charge is 0.315 e. The first-order valence-corrected chi connectivity index (χ1v) is 7.46. The van der Waals surface area contributed by atoms with Crippen LogP contribution in [0.25, 0.3) is 0 Å². The van der Waals surface area contributed by atoms with Gasteiger partial charge in [-0.2, -0.15) is 0 Å². The van der Waals surface area contributed by atoms with Gasteiger partial charge in [-0.05, 0) is 38.5 Å². The molecule has 6 heteroatoms. The molecule has 2 amide bonds. The Morgan fingerprint density at radius 2 is 2.10 bits per heavy atom. The Morgan fingerprint density at radius 1 is 1.30 bits per heavy atom. The molecule has 114 valence electrons. The SMILES string of the molecule is CC(NC(=O)NCC1CCCC1C(=O)O)C1CCCO1. The molecule has 0 spiro atoms. The predicted octanol–water partition coefficient (Wildman–Crippen LogP) is 1.35. The third-order valence-electron chi connectivity index (χ3n) is 4.38. The molecule has 1 saturated carbocycles. The van der Waals surface area contributed by atoms with E-state index in [0.717, 1.165) is 38.7 Å². The van der Waals surface area contributed by atoms with E-state index in [1.807, 2.05) is 6.92 Å². The average molecular weight is 284 g/mol. The van der Waals surface area contributed by atoms with Gasteiger partial charge in [0.25, 0.3) is 0 Å². The number of rotatable bonds is 5. The van der Waals surface area contributed by atoms with E-state index in [2.05, 4.69) is 10.6 Å². The molecule has 1 aliphatic heterocycles. The highest BCUT2D eigenvalue weighted by molar-refractivity contribution is 5.74. The molecular weight excluding hydrogens is 260 g/mol. The molecule has 0 bridgehead atoms. The van der Waals surface area contributed by atoms with Gasteiger partial charge in [0.2, 0.25) is 0 Å². The van der Waals surface area contributed by atoms with E-state index < -0.39 is 5.97 Å². The molecule has 2 aliphatic rings. The van der Waals surface area contributed by atoms with Crippen LogP contribution < -0.4 is 10.6 Å². The van der Waals surface area contributed by atoms with E-state index in [0.29, 0.717) is 6.54 Å². The fourth-order valence-electron chi connectivity index (χ4n) is 3.18. The maximum atomic E-state index is 11.8. The Bertz CT molecular complexity index is 355. The molecule has 6 nitrogen and oxygen atoms in total. The van der Waals surface area contributed by atoms with Gasteiger partial charge in [-0.25, -0.2) is 4.79 Å². The molecule has 1 saturated heterocycles. The molecule has 1 heterocycles. The number of aliphatic carboxylic acids is 1. The minimum Gasteiger partial charge on any atom is -0.481 e. The first kappa shape index (κ1) is 15.1. The summed E-state index contributed by atoms with van der Waals surface area (Å²) in [6, 6.07) is -0.250. The Labute approximate surface area is 119 Å². The number of ether oxygens (including phenoxy) is 1. The first-order valence-electron chi connectivity index (χ1n) is 7.46. The van der Waals surface area contributed by atoms with Crippen LogP contribution in [0.15, 0.2) is 0 Å². The van der Waals surface area contributed by atoms with Crippen molar-refractivity contribution in [1.82, 2.24) is 10.6 Å². The summed E-state index contributed by atoms with van der Waals surface area (Å²) in [7, 11) is 0. The lowest BCUT2D eigenvalue weighted by molar-refractivity contribution is -0.142. The molecule has 2 fully saturated rings. The lowest BCUT2D eigenvalue weighted by atomic mass is 9.96. The van der Waals surface area contributed by atoms with Crippen LogP contribution in [0, 0.1) is 11.8 Å². The van der Waals surface area contributed by atoms with E-state index in [4.69, 9.17) is 9.84 Å². The zero-order valence-electron chi connectivity index (χ0n) is 11.9. The Balaban J connectivity index is 1.70. The number of urea groups is 1. The van der Waals surface area contributed by atoms with Crippen molar-refractivity contribution in [2.24, 2.45) is 11.8 Å². The average Bonchev–Trinajstić information content (AvgIpc) is 3.07. The van der Waals surface area contributed by atoms with Crippen molar-refractivity contribution in [1.29, 1.82) is 0 Å². The number of carbonyl (C=O) groups excluding carboxylic acids is 1. The molecule has 0 radical (unpaired) electrons. The van der Waals surface area contributed by atoms with Gasteiger partial charge in [-0.3, -0.25) is 4.79 Å². The number of hydrogen-bond acceptors (Lipinski definition) is 3. The summed E-state index contributed by atoms with van der Waals surface area (Å²) in [5.41, 5.74) is 0. The number of hydrogen-bond donors (Lipinski definition) is 3. The third-order valence-corrected chi connectivity index (χ3v) is 4.38. The summed E-state index contributed by atoms with van der Waals surface area (Å²) in [5.74, 6) is -1.01. The molecule has 4 atom stereocenters. The molecule has 0 aromatic rings. The van der Waals surface area contributed by atoms with E-state index in [9.17, 15) is 9.59 Å². The van der Waals surface area contributed by atoms with E-state index in [-0.39, 0.29) is 30.0 Å². The Morgan fingerprint density at radius 3 is 2.75 bits per heavy atom. The normalized spacial score (nSPS) is 30.9. The summed E-state index contributed by atoms with van der Waals surface area (Å²) in [4.78, 5) is 22.9. The minimum atomic E-state index is -0.748. The van der Waals surface area contributed by atoms with Gasteiger partial charge in [0.05, 0.1) is 18.1 Å². The van der Waals surface area contributed by atoms with Crippen molar-refractivity contribution < 1.29 is 19.4 Å². The summed E-state index contributed by atoms with van der Waals surface area (Å²) >= 11 is 0. The standard InChI is InChI=1S/C14H24N2O4/c1-9(12-6-3-7-20-12)16-14(19)15-8-10-4-2-5-11(10)13(17)18/h9-12H,2-8H2,1H3,(H,17,18)(H2,15,16,19). The maximum absolute atomic E-state index is 11.8. The number of carboxylic acid groups (broad SMARTS) is 1. The van der Waals surface area contributed by atoms with Gasteiger partial charge in [-0.15, -0.1) is 0 Å².